The highest BCUT2D eigenvalue weighted by Crippen LogP contribution is 2.29. The van der Waals surface area contributed by atoms with Crippen molar-refractivity contribution in [3.8, 4) is 11.5 Å². The molecule has 1 heterocycles. The van der Waals surface area contributed by atoms with Gasteiger partial charge in [0.2, 0.25) is 5.82 Å². The van der Waals surface area contributed by atoms with Crippen LogP contribution >= 0.6 is 15.9 Å². The third kappa shape index (κ3) is 5.60. The van der Waals surface area contributed by atoms with Gasteiger partial charge in [0.05, 0.1) is 40.8 Å². The lowest BCUT2D eigenvalue weighted by atomic mass is 10.1. The van der Waals surface area contributed by atoms with Crippen LogP contribution in [0.3, 0.4) is 0 Å². The summed E-state index contributed by atoms with van der Waals surface area (Å²) in [5.74, 6) is -9.64. The number of halogens is 6. The Labute approximate surface area is 228 Å². The summed E-state index contributed by atoms with van der Waals surface area (Å²) < 4.78 is 82.1. The number of aryl methyl sites for hydroxylation is 1. The lowest BCUT2D eigenvalue weighted by molar-refractivity contribution is 0.102. The summed E-state index contributed by atoms with van der Waals surface area (Å²) in [6.45, 7) is 2.38. The third-order valence-electron chi connectivity index (χ3n) is 5.99. The van der Waals surface area contributed by atoms with E-state index in [1.807, 2.05) is 18.2 Å². The van der Waals surface area contributed by atoms with Crippen LogP contribution in [0.15, 0.2) is 46.9 Å². The van der Waals surface area contributed by atoms with Gasteiger partial charge in [-0.15, -0.1) is 0 Å². The molecule has 6 nitrogen and oxygen atoms in total. The molecular weight excluding hydrogens is 589 g/mol. The van der Waals surface area contributed by atoms with Gasteiger partial charge in [-0.1, -0.05) is 12.1 Å². The number of para-hydroxylation sites is 1. The minimum Gasteiger partial charge on any atom is -0.496 e. The Kier molecular flexibility index (Phi) is 8.24. The summed E-state index contributed by atoms with van der Waals surface area (Å²) in [7, 11) is 1.49. The predicted molar refractivity (Wildman–Crippen MR) is 136 cm³/mol. The van der Waals surface area contributed by atoms with Gasteiger partial charge in [0.25, 0.3) is 5.91 Å². The number of aromatic nitrogens is 2. The largest absolute Gasteiger partial charge is 0.496 e. The van der Waals surface area contributed by atoms with Gasteiger partial charge in [0.15, 0.2) is 23.3 Å². The van der Waals surface area contributed by atoms with E-state index in [9.17, 15) is 26.7 Å². The summed E-state index contributed by atoms with van der Waals surface area (Å²) in [5, 5.41) is 6.82. The molecule has 3 aromatic carbocycles. The molecule has 204 valence electrons. The molecule has 4 aromatic rings. The van der Waals surface area contributed by atoms with E-state index in [2.05, 4.69) is 26.3 Å². The summed E-state index contributed by atoms with van der Waals surface area (Å²) in [6, 6.07) is 12.0. The Morgan fingerprint density at radius 2 is 1.59 bits per heavy atom. The van der Waals surface area contributed by atoms with Gasteiger partial charge in [0.1, 0.15) is 18.1 Å². The van der Waals surface area contributed by atoms with E-state index in [4.69, 9.17) is 9.47 Å². The first-order valence-electron chi connectivity index (χ1n) is 11.4. The number of nitrogens with one attached hydrogen (secondary N) is 1. The number of hydrogen-bond donors (Lipinski definition) is 1. The highest BCUT2D eigenvalue weighted by molar-refractivity contribution is 9.10. The van der Waals surface area contributed by atoms with Crippen LogP contribution in [-0.2, 0) is 13.2 Å². The average molecular weight is 610 g/mol. The topological polar surface area (TPSA) is 65.4 Å². The molecule has 0 bridgehead atoms. The molecule has 0 saturated heterocycles. The van der Waals surface area contributed by atoms with Crippen molar-refractivity contribution in [3.05, 3.63) is 104 Å². The van der Waals surface area contributed by atoms with Gasteiger partial charge in [0, 0.05) is 11.1 Å². The molecule has 4 rings (SSSR count). The van der Waals surface area contributed by atoms with Crippen LogP contribution in [0.2, 0.25) is 0 Å². The van der Waals surface area contributed by atoms with Crippen molar-refractivity contribution >= 4 is 27.5 Å². The Morgan fingerprint density at radius 3 is 2.23 bits per heavy atom. The highest BCUT2D eigenvalue weighted by atomic mass is 79.9. The van der Waals surface area contributed by atoms with Crippen molar-refractivity contribution in [2.24, 2.45) is 0 Å². The van der Waals surface area contributed by atoms with E-state index in [-0.39, 0.29) is 29.2 Å². The normalized spacial score (nSPS) is 11.0. The van der Waals surface area contributed by atoms with Crippen LogP contribution in [0.5, 0.6) is 11.5 Å². The molecule has 12 heteroatoms. The number of amides is 1. The van der Waals surface area contributed by atoms with Crippen molar-refractivity contribution < 1.29 is 36.2 Å². The molecule has 0 atom stereocenters. The minimum absolute atomic E-state index is 0.102. The molecule has 0 saturated carbocycles. The van der Waals surface area contributed by atoms with Crippen molar-refractivity contribution in [1.29, 1.82) is 0 Å². The number of rotatable bonds is 8. The van der Waals surface area contributed by atoms with Crippen molar-refractivity contribution in [1.82, 2.24) is 9.78 Å². The van der Waals surface area contributed by atoms with Gasteiger partial charge in [-0.25, -0.2) is 22.0 Å². The quantitative estimate of drug-likeness (QED) is 0.135. The van der Waals surface area contributed by atoms with Crippen molar-refractivity contribution in [2.75, 3.05) is 12.4 Å². The maximum absolute atomic E-state index is 14.2. The molecule has 1 N–H and O–H groups in total. The number of nitrogens with zero attached hydrogens (tertiary/aromatic N) is 2. The van der Waals surface area contributed by atoms with Crippen LogP contribution in [0.4, 0.5) is 27.6 Å². The van der Waals surface area contributed by atoms with Gasteiger partial charge in [-0.05, 0) is 60.1 Å². The molecule has 0 radical (unpaired) electrons. The SMILES string of the molecule is COc1ccc(C(=O)Nc2c(C)nn(Cc3c(F)c(F)c(F)c(F)c3F)c2C)cc1COc1ccccc1Br. The fourth-order valence-electron chi connectivity index (χ4n) is 3.91. The zero-order chi connectivity index (χ0) is 28.4. The van der Waals surface area contributed by atoms with Crippen molar-refractivity contribution in [2.45, 2.75) is 27.0 Å². The number of methoxy groups -OCH3 is 1. The average Bonchev–Trinajstić information content (AvgIpc) is 3.19. The van der Waals surface area contributed by atoms with Crippen LogP contribution in [-0.4, -0.2) is 22.8 Å². The van der Waals surface area contributed by atoms with Gasteiger partial charge in [-0.3, -0.25) is 9.48 Å². The van der Waals surface area contributed by atoms with Gasteiger partial charge < -0.3 is 14.8 Å². The van der Waals surface area contributed by atoms with Gasteiger partial charge in [-0.2, -0.15) is 5.10 Å². The summed E-state index contributed by atoms with van der Waals surface area (Å²) >= 11 is 3.41. The summed E-state index contributed by atoms with van der Waals surface area (Å²) in [4.78, 5) is 13.1. The van der Waals surface area contributed by atoms with Crippen molar-refractivity contribution in [3.63, 3.8) is 0 Å². The fraction of sp³-hybridized carbons (Fsp3) is 0.185. The Bertz CT molecular complexity index is 1550. The van der Waals surface area contributed by atoms with Gasteiger partial charge >= 0.3 is 0 Å². The van der Waals surface area contributed by atoms with E-state index in [0.717, 1.165) is 9.15 Å². The van der Waals surface area contributed by atoms with Crippen LogP contribution in [0.1, 0.15) is 32.9 Å². The first-order chi connectivity index (χ1) is 18.5. The first kappa shape index (κ1) is 28.1. The van der Waals surface area contributed by atoms with E-state index in [1.165, 1.54) is 21.0 Å². The van der Waals surface area contributed by atoms with E-state index >= 15 is 0 Å². The molecular formula is C27H21BrF5N3O3. The van der Waals surface area contributed by atoms with E-state index in [0.29, 0.717) is 17.1 Å². The summed E-state index contributed by atoms with van der Waals surface area (Å²) in [6.07, 6.45) is 0. The lowest BCUT2D eigenvalue weighted by Gasteiger charge is -2.13. The van der Waals surface area contributed by atoms with Crippen LogP contribution in [0.25, 0.3) is 0 Å². The Morgan fingerprint density at radius 1 is 0.949 bits per heavy atom. The number of benzene rings is 3. The highest BCUT2D eigenvalue weighted by Gasteiger charge is 2.27. The first-order valence-corrected chi connectivity index (χ1v) is 12.2. The zero-order valence-corrected chi connectivity index (χ0v) is 22.4. The molecule has 1 amide bonds. The second kappa shape index (κ2) is 11.4. The monoisotopic (exact) mass is 609 g/mol. The van der Waals surface area contributed by atoms with Crippen LogP contribution in [0, 0.1) is 42.9 Å². The molecule has 1 aromatic heterocycles. The molecule has 0 fully saturated rings. The molecule has 0 unspecified atom stereocenters. The molecule has 39 heavy (non-hydrogen) atoms. The Balaban J connectivity index is 1.57. The second-order valence-corrected chi connectivity index (χ2v) is 9.31. The lowest BCUT2D eigenvalue weighted by Crippen LogP contribution is -2.15. The summed E-state index contributed by atoms with van der Waals surface area (Å²) in [5.41, 5.74) is 0.557. The number of carbonyl (C=O) groups is 1. The van der Waals surface area contributed by atoms with E-state index in [1.54, 1.807) is 24.3 Å². The zero-order valence-electron chi connectivity index (χ0n) is 20.8. The fourth-order valence-corrected chi connectivity index (χ4v) is 4.31. The smallest absolute Gasteiger partial charge is 0.255 e. The maximum Gasteiger partial charge on any atom is 0.255 e. The third-order valence-corrected chi connectivity index (χ3v) is 6.65. The van der Waals surface area contributed by atoms with E-state index < -0.39 is 47.1 Å². The van der Waals surface area contributed by atoms with Crippen LogP contribution < -0.4 is 14.8 Å². The minimum atomic E-state index is -2.24. The standard InChI is InChI=1S/C27H21BrF5N3O3/c1-13-26(14(2)36(35-13)11-17-21(29)23(31)25(33)24(32)22(17)30)34-27(37)15-8-9-19(38-3)16(10-15)12-39-20-7-5-4-6-18(20)28/h4-10H,11-12H2,1-3H3,(H,34,37). The molecule has 0 spiro atoms. The Hall–Kier alpha value is -3.93. The molecule has 0 aliphatic carbocycles. The molecule has 0 aliphatic heterocycles. The number of ether oxygens (including phenoxy) is 2. The number of anilines is 1. The second-order valence-electron chi connectivity index (χ2n) is 8.45. The number of hydrogen-bond acceptors (Lipinski definition) is 4. The maximum atomic E-state index is 14.2. The predicted octanol–water partition coefficient (Wildman–Crippen LogP) is 6.85. The number of carbonyl (C=O) groups excluding carboxylic acids is 1. The molecule has 0 aliphatic rings.